The van der Waals surface area contributed by atoms with Gasteiger partial charge in [-0.3, -0.25) is 14.6 Å². The summed E-state index contributed by atoms with van der Waals surface area (Å²) in [4.78, 5) is 28.4. The Morgan fingerprint density at radius 1 is 1.44 bits per heavy atom. The van der Waals surface area contributed by atoms with Gasteiger partial charge in [0.1, 0.15) is 6.54 Å². The Labute approximate surface area is 150 Å². The number of hydrogen-bond donors (Lipinski definition) is 0. The number of allylic oxidation sites excluding steroid dienone is 1. The smallest absolute Gasteiger partial charge is 0.416 e. The lowest BCUT2D eigenvalue weighted by molar-refractivity contribution is -0.139. The van der Waals surface area contributed by atoms with Crippen molar-refractivity contribution in [2.24, 2.45) is 4.99 Å². The number of carbonyl (C=O) groups is 2. The van der Waals surface area contributed by atoms with E-state index in [4.69, 9.17) is 0 Å². The Hall–Kier alpha value is -1.74. The van der Waals surface area contributed by atoms with E-state index in [1.807, 2.05) is 0 Å². The molecule has 1 fully saturated rings. The standard InChI is InChI=1S/C16H14F3NO3S2/c1-23-12(21)7-20-15-13(14(22)11(25-15)8-24-2)9-4-3-5-10(6-9)16(17,18)19/h3-6,8,13H,7H2,1-2H3. The van der Waals surface area contributed by atoms with Crippen molar-refractivity contribution in [2.45, 2.75) is 12.1 Å². The fourth-order valence-electron chi connectivity index (χ4n) is 2.18. The van der Waals surface area contributed by atoms with Crippen LogP contribution in [0.1, 0.15) is 17.0 Å². The van der Waals surface area contributed by atoms with E-state index in [0.29, 0.717) is 4.91 Å². The predicted molar refractivity (Wildman–Crippen MR) is 92.7 cm³/mol. The highest BCUT2D eigenvalue weighted by Gasteiger charge is 2.39. The molecule has 1 aromatic carbocycles. The van der Waals surface area contributed by atoms with Crippen molar-refractivity contribution in [2.75, 3.05) is 19.9 Å². The van der Waals surface area contributed by atoms with Gasteiger partial charge in [-0.25, -0.2) is 0 Å². The van der Waals surface area contributed by atoms with Crippen LogP contribution in [-0.2, 0) is 20.5 Å². The van der Waals surface area contributed by atoms with Gasteiger partial charge in [-0.05, 0) is 23.3 Å². The van der Waals surface area contributed by atoms with E-state index in [1.165, 1.54) is 31.0 Å². The van der Waals surface area contributed by atoms with Crippen LogP contribution in [-0.4, -0.2) is 36.7 Å². The van der Waals surface area contributed by atoms with Gasteiger partial charge in [-0.15, -0.1) is 11.8 Å². The first-order chi connectivity index (χ1) is 11.8. The molecule has 0 saturated carbocycles. The third kappa shape index (κ3) is 4.66. The molecule has 1 atom stereocenters. The van der Waals surface area contributed by atoms with Crippen LogP contribution >= 0.6 is 23.5 Å². The number of rotatable bonds is 4. The zero-order valence-corrected chi connectivity index (χ0v) is 14.9. The number of Topliss-reactive ketones (excluding diaryl/α,β-unsaturated/α-hetero) is 1. The van der Waals surface area contributed by atoms with Crippen LogP contribution in [0.25, 0.3) is 0 Å². The maximum absolute atomic E-state index is 12.9. The van der Waals surface area contributed by atoms with Crippen LogP contribution in [0, 0.1) is 0 Å². The molecule has 2 rings (SSSR count). The van der Waals surface area contributed by atoms with Crippen molar-refractivity contribution < 1.29 is 27.5 Å². The molecule has 4 nitrogen and oxygen atoms in total. The quantitative estimate of drug-likeness (QED) is 0.578. The molecular formula is C16H14F3NO3S2. The predicted octanol–water partition coefficient (Wildman–Crippen LogP) is 3.88. The number of carbonyl (C=O) groups excluding carboxylic acids is 2. The molecule has 1 saturated heterocycles. The highest BCUT2D eigenvalue weighted by Crippen LogP contribution is 2.42. The number of methoxy groups -OCH3 is 1. The van der Waals surface area contributed by atoms with Crippen LogP contribution < -0.4 is 0 Å². The third-order valence-electron chi connectivity index (χ3n) is 3.33. The number of benzene rings is 1. The maximum atomic E-state index is 12.9. The molecule has 0 spiro atoms. The molecule has 1 unspecified atom stereocenters. The van der Waals surface area contributed by atoms with Gasteiger partial charge in [0.2, 0.25) is 0 Å². The lowest BCUT2D eigenvalue weighted by Gasteiger charge is -2.12. The lowest BCUT2D eigenvalue weighted by Crippen LogP contribution is -2.15. The van der Waals surface area contributed by atoms with Gasteiger partial charge in [-0.2, -0.15) is 13.2 Å². The number of ketones is 1. The summed E-state index contributed by atoms with van der Waals surface area (Å²) in [7, 11) is 1.21. The fourth-order valence-corrected chi connectivity index (χ4v) is 3.93. The van der Waals surface area contributed by atoms with E-state index in [-0.39, 0.29) is 22.9 Å². The summed E-state index contributed by atoms with van der Waals surface area (Å²) >= 11 is 2.37. The van der Waals surface area contributed by atoms with Crippen molar-refractivity contribution in [1.29, 1.82) is 0 Å². The summed E-state index contributed by atoms with van der Waals surface area (Å²) in [6.45, 7) is -0.297. The fraction of sp³-hybridized carbons (Fsp3) is 0.312. The third-order valence-corrected chi connectivity index (χ3v) is 5.06. The topological polar surface area (TPSA) is 55.7 Å². The number of hydrogen-bond acceptors (Lipinski definition) is 6. The molecule has 0 aliphatic carbocycles. The minimum Gasteiger partial charge on any atom is -0.468 e. The molecule has 0 radical (unpaired) electrons. The second-order valence-electron chi connectivity index (χ2n) is 4.97. The number of thioether (sulfide) groups is 2. The molecule has 1 heterocycles. The van der Waals surface area contributed by atoms with Gasteiger partial charge in [0.25, 0.3) is 0 Å². The van der Waals surface area contributed by atoms with Gasteiger partial charge in [0.05, 0.1) is 28.5 Å². The second-order valence-corrected chi connectivity index (χ2v) is 6.74. The van der Waals surface area contributed by atoms with Gasteiger partial charge in [0, 0.05) is 0 Å². The Morgan fingerprint density at radius 2 is 2.16 bits per heavy atom. The molecule has 0 amide bonds. The van der Waals surface area contributed by atoms with Crippen LogP contribution in [0.3, 0.4) is 0 Å². The normalized spacial score (nSPS) is 21.2. The zero-order valence-electron chi connectivity index (χ0n) is 13.3. The number of esters is 1. The molecule has 0 bridgehead atoms. The Morgan fingerprint density at radius 3 is 2.76 bits per heavy atom. The van der Waals surface area contributed by atoms with Crippen molar-refractivity contribution in [3.05, 3.63) is 45.7 Å². The van der Waals surface area contributed by atoms with Crippen molar-refractivity contribution in [3.63, 3.8) is 0 Å². The molecule has 1 aromatic rings. The molecular weight excluding hydrogens is 375 g/mol. The summed E-state index contributed by atoms with van der Waals surface area (Å²) in [5.41, 5.74) is -0.641. The van der Waals surface area contributed by atoms with E-state index in [0.717, 1.165) is 23.9 Å². The molecule has 9 heteroatoms. The van der Waals surface area contributed by atoms with Crippen molar-refractivity contribution in [3.8, 4) is 0 Å². The average Bonchev–Trinajstić information content (AvgIpc) is 2.88. The molecule has 0 N–H and O–H groups in total. The zero-order chi connectivity index (χ0) is 18.6. The van der Waals surface area contributed by atoms with Crippen LogP contribution in [0.4, 0.5) is 13.2 Å². The molecule has 0 aromatic heterocycles. The van der Waals surface area contributed by atoms with Crippen LogP contribution in [0.2, 0.25) is 0 Å². The Kier molecular flexibility index (Phi) is 6.34. The molecule has 1 aliphatic heterocycles. The average molecular weight is 389 g/mol. The Bertz CT molecular complexity index is 744. The van der Waals surface area contributed by atoms with Gasteiger partial charge >= 0.3 is 12.1 Å². The summed E-state index contributed by atoms with van der Waals surface area (Å²) < 4.78 is 43.4. The minimum absolute atomic E-state index is 0.195. The first kappa shape index (κ1) is 19.6. The van der Waals surface area contributed by atoms with E-state index in [2.05, 4.69) is 9.73 Å². The minimum atomic E-state index is -4.51. The number of alkyl halides is 3. The van der Waals surface area contributed by atoms with Crippen LogP contribution in [0.15, 0.2) is 39.6 Å². The van der Waals surface area contributed by atoms with E-state index in [1.54, 1.807) is 11.7 Å². The number of halogens is 3. The monoisotopic (exact) mass is 389 g/mol. The lowest BCUT2D eigenvalue weighted by atomic mass is 9.94. The largest absolute Gasteiger partial charge is 0.468 e. The summed E-state index contributed by atoms with van der Waals surface area (Å²) in [5.74, 6) is -1.87. The number of aliphatic imine (C=N–C) groups is 1. The molecule has 25 heavy (non-hydrogen) atoms. The highest BCUT2D eigenvalue weighted by molar-refractivity contribution is 8.19. The first-order valence-corrected chi connectivity index (χ1v) is 9.11. The summed E-state index contributed by atoms with van der Waals surface area (Å²) in [6, 6.07) is 4.59. The summed E-state index contributed by atoms with van der Waals surface area (Å²) in [6.07, 6.45) is -2.74. The SMILES string of the molecule is COC(=O)CN=C1SC(=CSC)C(=O)C1c1cccc(C(F)(F)F)c1. The number of ether oxygens (including phenoxy) is 1. The summed E-state index contributed by atoms with van der Waals surface area (Å²) in [5, 5.41) is 1.91. The maximum Gasteiger partial charge on any atom is 0.416 e. The molecule has 134 valence electrons. The van der Waals surface area contributed by atoms with Gasteiger partial charge in [-0.1, -0.05) is 30.0 Å². The highest BCUT2D eigenvalue weighted by atomic mass is 32.2. The Balaban J connectivity index is 2.45. The van der Waals surface area contributed by atoms with E-state index < -0.39 is 23.6 Å². The van der Waals surface area contributed by atoms with E-state index >= 15 is 0 Å². The van der Waals surface area contributed by atoms with Crippen molar-refractivity contribution in [1.82, 2.24) is 0 Å². The second kappa shape index (κ2) is 8.09. The van der Waals surface area contributed by atoms with Gasteiger partial charge < -0.3 is 4.74 Å². The van der Waals surface area contributed by atoms with Crippen molar-refractivity contribution >= 4 is 40.3 Å². The van der Waals surface area contributed by atoms with E-state index in [9.17, 15) is 22.8 Å². The number of nitrogens with zero attached hydrogens (tertiary/aromatic N) is 1. The van der Waals surface area contributed by atoms with Gasteiger partial charge in [0.15, 0.2) is 5.78 Å². The first-order valence-electron chi connectivity index (χ1n) is 7.01. The van der Waals surface area contributed by atoms with Crippen LogP contribution in [0.5, 0.6) is 0 Å². The molecule has 1 aliphatic rings.